The monoisotopic (exact) mass is 268 g/mol. The van der Waals surface area contributed by atoms with E-state index in [1.807, 2.05) is 6.26 Å². The second-order valence-corrected chi connectivity index (χ2v) is 5.49. The molecule has 0 bridgehead atoms. The predicted octanol–water partition coefficient (Wildman–Crippen LogP) is 1.74. The van der Waals surface area contributed by atoms with Crippen molar-refractivity contribution in [2.24, 2.45) is 5.92 Å². The number of hydrogen-bond donors (Lipinski definition) is 3. The summed E-state index contributed by atoms with van der Waals surface area (Å²) in [4.78, 5) is 8.48. The van der Waals surface area contributed by atoms with Gasteiger partial charge in [0.15, 0.2) is 5.16 Å². The van der Waals surface area contributed by atoms with Gasteiger partial charge in [0, 0.05) is 12.6 Å². The zero-order chi connectivity index (χ0) is 13.0. The van der Waals surface area contributed by atoms with Gasteiger partial charge in [0.2, 0.25) is 0 Å². The Bertz CT molecular complexity index is 394. The van der Waals surface area contributed by atoms with Crippen LogP contribution in [0.3, 0.4) is 0 Å². The second-order valence-electron chi connectivity index (χ2n) is 4.72. The molecule has 5 nitrogen and oxygen atoms in total. The first-order valence-corrected chi connectivity index (χ1v) is 7.50. The maximum absolute atomic E-state index is 9.46. The molecule has 6 heteroatoms. The summed E-state index contributed by atoms with van der Waals surface area (Å²) in [6.45, 7) is 0.886. The molecule has 0 atom stereocenters. The van der Waals surface area contributed by atoms with E-state index in [4.69, 9.17) is 5.73 Å². The maximum atomic E-state index is 9.46. The number of nitrogens with two attached hydrogens (primary N) is 1. The van der Waals surface area contributed by atoms with E-state index in [2.05, 4.69) is 15.3 Å². The molecule has 1 aliphatic rings. The number of anilines is 2. The van der Waals surface area contributed by atoms with Crippen LogP contribution < -0.4 is 11.1 Å². The highest BCUT2D eigenvalue weighted by Crippen LogP contribution is 2.24. The predicted molar refractivity (Wildman–Crippen MR) is 74.7 cm³/mol. The minimum Gasteiger partial charge on any atom is -0.393 e. The van der Waals surface area contributed by atoms with Gasteiger partial charge in [0.1, 0.15) is 11.6 Å². The minimum atomic E-state index is -0.0981. The van der Waals surface area contributed by atoms with Crippen molar-refractivity contribution >= 4 is 23.4 Å². The molecule has 1 aliphatic carbocycles. The zero-order valence-corrected chi connectivity index (χ0v) is 11.4. The second kappa shape index (κ2) is 6.24. The standard InChI is InChI=1S/C12H20N4OS/c1-18-12-15-10(13)6-11(16-12)14-7-8-2-4-9(17)5-3-8/h6,8-9,17H,2-5,7H2,1H3,(H3,13,14,15,16). The molecule has 1 heterocycles. The molecule has 0 radical (unpaired) electrons. The van der Waals surface area contributed by atoms with E-state index >= 15 is 0 Å². The Morgan fingerprint density at radius 1 is 1.39 bits per heavy atom. The first-order valence-electron chi connectivity index (χ1n) is 6.28. The number of aromatic nitrogens is 2. The summed E-state index contributed by atoms with van der Waals surface area (Å²) in [5.74, 6) is 1.90. The van der Waals surface area contributed by atoms with Gasteiger partial charge in [0.05, 0.1) is 6.10 Å². The SMILES string of the molecule is CSc1nc(N)cc(NCC2CCC(O)CC2)n1. The number of thioether (sulfide) groups is 1. The van der Waals surface area contributed by atoms with E-state index in [9.17, 15) is 5.11 Å². The molecule has 1 aromatic rings. The molecule has 18 heavy (non-hydrogen) atoms. The summed E-state index contributed by atoms with van der Waals surface area (Å²) in [7, 11) is 0. The first kappa shape index (κ1) is 13.4. The molecule has 0 aromatic carbocycles. The van der Waals surface area contributed by atoms with Crippen molar-refractivity contribution in [1.29, 1.82) is 0 Å². The molecule has 0 amide bonds. The number of aliphatic hydroxyl groups excluding tert-OH is 1. The smallest absolute Gasteiger partial charge is 0.191 e. The maximum Gasteiger partial charge on any atom is 0.191 e. The van der Waals surface area contributed by atoms with Crippen molar-refractivity contribution in [2.45, 2.75) is 36.9 Å². The quantitative estimate of drug-likeness (QED) is 0.570. The molecule has 0 saturated heterocycles. The van der Waals surface area contributed by atoms with Crippen LogP contribution in [0.1, 0.15) is 25.7 Å². The van der Waals surface area contributed by atoms with Gasteiger partial charge in [-0.05, 0) is 37.9 Å². The van der Waals surface area contributed by atoms with Crippen LogP contribution in [0, 0.1) is 5.92 Å². The van der Waals surface area contributed by atoms with Crippen molar-refractivity contribution in [1.82, 2.24) is 9.97 Å². The Labute approximate surface area is 112 Å². The molecular weight excluding hydrogens is 248 g/mol. The number of nitrogens with one attached hydrogen (secondary N) is 1. The van der Waals surface area contributed by atoms with Crippen LogP contribution in [0.4, 0.5) is 11.6 Å². The van der Waals surface area contributed by atoms with Gasteiger partial charge in [-0.1, -0.05) is 11.8 Å². The van der Waals surface area contributed by atoms with Crippen molar-refractivity contribution in [3.63, 3.8) is 0 Å². The van der Waals surface area contributed by atoms with Crippen LogP contribution in [0.25, 0.3) is 0 Å². The van der Waals surface area contributed by atoms with Gasteiger partial charge in [-0.2, -0.15) is 0 Å². The summed E-state index contributed by atoms with van der Waals surface area (Å²) in [5, 5.41) is 13.5. The Hall–Kier alpha value is -1.01. The van der Waals surface area contributed by atoms with Gasteiger partial charge in [0.25, 0.3) is 0 Å². The third-order valence-corrected chi connectivity index (χ3v) is 3.84. The molecule has 0 spiro atoms. The highest BCUT2D eigenvalue weighted by molar-refractivity contribution is 7.98. The van der Waals surface area contributed by atoms with Gasteiger partial charge in [-0.15, -0.1) is 0 Å². The normalized spacial score (nSPS) is 23.9. The number of nitrogens with zero attached hydrogens (tertiary/aromatic N) is 2. The topological polar surface area (TPSA) is 84.1 Å². The fourth-order valence-electron chi connectivity index (χ4n) is 2.22. The summed E-state index contributed by atoms with van der Waals surface area (Å²) < 4.78 is 0. The minimum absolute atomic E-state index is 0.0981. The highest BCUT2D eigenvalue weighted by atomic mass is 32.2. The van der Waals surface area contributed by atoms with Crippen molar-refractivity contribution in [3.8, 4) is 0 Å². The molecule has 0 aliphatic heterocycles. The van der Waals surface area contributed by atoms with E-state index in [1.54, 1.807) is 6.07 Å². The third kappa shape index (κ3) is 3.74. The van der Waals surface area contributed by atoms with Gasteiger partial charge >= 0.3 is 0 Å². The molecule has 100 valence electrons. The zero-order valence-electron chi connectivity index (χ0n) is 10.6. The molecule has 4 N–H and O–H groups in total. The fraction of sp³-hybridized carbons (Fsp3) is 0.667. The average molecular weight is 268 g/mol. The molecule has 1 saturated carbocycles. The Morgan fingerprint density at radius 2 is 2.11 bits per heavy atom. The highest BCUT2D eigenvalue weighted by Gasteiger charge is 2.19. The summed E-state index contributed by atoms with van der Waals surface area (Å²) in [6, 6.07) is 1.76. The lowest BCUT2D eigenvalue weighted by Gasteiger charge is -2.25. The third-order valence-electron chi connectivity index (χ3n) is 3.30. The fourth-order valence-corrected chi connectivity index (χ4v) is 2.61. The molecule has 2 rings (SSSR count). The van der Waals surface area contributed by atoms with Crippen molar-refractivity contribution < 1.29 is 5.11 Å². The van der Waals surface area contributed by atoms with Crippen LogP contribution >= 0.6 is 11.8 Å². The summed E-state index contributed by atoms with van der Waals surface area (Å²) >= 11 is 1.48. The van der Waals surface area contributed by atoms with E-state index < -0.39 is 0 Å². The van der Waals surface area contributed by atoms with Gasteiger partial charge < -0.3 is 16.2 Å². The Morgan fingerprint density at radius 3 is 2.78 bits per heavy atom. The van der Waals surface area contributed by atoms with Gasteiger partial charge in [-0.3, -0.25) is 0 Å². The lowest BCUT2D eigenvalue weighted by atomic mass is 9.87. The Balaban J connectivity index is 1.88. The van der Waals surface area contributed by atoms with Crippen LogP contribution in [0.2, 0.25) is 0 Å². The van der Waals surface area contributed by atoms with E-state index in [0.29, 0.717) is 16.9 Å². The molecule has 1 aromatic heterocycles. The van der Waals surface area contributed by atoms with Crippen molar-refractivity contribution in [2.75, 3.05) is 23.9 Å². The van der Waals surface area contributed by atoms with E-state index in [0.717, 1.165) is 38.0 Å². The van der Waals surface area contributed by atoms with Crippen LogP contribution in [0.15, 0.2) is 11.2 Å². The number of rotatable bonds is 4. The molecule has 1 fully saturated rings. The molecule has 0 unspecified atom stereocenters. The van der Waals surface area contributed by atoms with Crippen LogP contribution in [0.5, 0.6) is 0 Å². The van der Waals surface area contributed by atoms with Crippen LogP contribution in [-0.4, -0.2) is 34.0 Å². The van der Waals surface area contributed by atoms with Gasteiger partial charge in [-0.25, -0.2) is 9.97 Å². The lowest BCUT2D eigenvalue weighted by molar-refractivity contribution is 0.111. The largest absolute Gasteiger partial charge is 0.393 e. The van der Waals surface area contributed by atoms with Crippen LogP contribution in [-0.2, 0) is 0 Å². The first-order chi connectivity index (χ1) is 8.67. The number of aliphatic hydroxyl groups is 1. The van der Waals surface area contributed by atoms with Crippen molar-refractivity contribution in [3.05, 3.63) is 6.07 Å². The Kier molecular flexibility index (Phi) is 4.66. The lowest BCUT2D eigenvalue weighted by Crippen LogP contribution is -2.23. The summed E-state index contributed by atoms with van der Waals surface area (Å²) in [5.41, 5.74) is 5.72. The summed E-state index contributed by atoms with van der Waals surface area (Å²) in [6.07, 6.45) is 5.80. The van der Waals surface area contributed by atoms with E-state index in [-0.39, 0.29) is 6.10 Å². The number of hydrogen-bond acceptors (Lipinski definition) is 6. The molecular formula is C12H20N4OS. The average Bonchev–Trinajstić information content (AvgIpc) is 2.37. The number of nitrogen functional groups attached to an aromatic ring is 1. The van der Waals surface area contributed by atoms with E-state index in [1.165, 1.54) is 11.8 Å².